The van der Waals surface area contributed by atoms with Gasteiger partial charge < -0.3 is 5.32 Å². The molecule has 1 atom stereocenters. The molecule has 0 saturated carbocycles. The molecule has 0 saturated heterocycles. The van der Waals surface area contributed by atoms with Crippen LogP contribution in [0.1, 0.15) is 15.9 Å². The van der Waals surface area contributed by atoms with Crippen LogP contribution in [0.4, 0.5) is 4.39 Å². The Labute approximate surface area is 148 Å². The molecule has 3 N–H and O–H groups in total. The molecular formula is C16H15Cl3FN2O+. The molecule has 0 heterocycles. The molecule has 0 radical (unpaired) electrons. The fourth-order valence-corrected chi connectivity index (χ4v) is 2.40. The number of hydrogen-bond acceptors (Lipinski definition) is 1. The molecule has 0 spiro atoms. The fraction of sp³-hybridized carbons (Fsp3) is 0.188. The zero-order chi connectivity index (χ0) is 16.9. The second kappa shape index (κ2) is 7.97. The van der Waals surface area contributed by atoms with Crippen LogP contribution in [0.3, 0.4) is 0 Å². The molecular weight excluding hydrogens is 362 g/mol. The lowest BCUT2D eigenvalue weighted by atomic mass is 10.2. The van der Waals surface area contributed by atoms with Crippen molar-refractivity contribution in [2.24, 2.45) is 0 Å². The highest BCUT2D eigenvalue weighted by Gasteiger charge is 2.37. The number of halogens is 4. The van der Waals surface area contributed by atoms with E-state index in [2.05, 4.69) is 5.32 Å². The van der Waals surface area contributed by atoms with Crippen molar-refractivity contribution in [3.05, 3.63) is 71.5 Å². The van der Waals surface area contributed by atoms with Crippen LogP contribution in [0.2, 0.25) is 0 Å². The minimum atomic E-state index is -1.69. The molecule has 3 nitrogen and oxygen atoms in total. The highest BCUT2D eigenvalue weighted by Crippen LogP contribution is 2.27. The average molecular weight is 377 g/mol. The Hall–Kier alpha value is -1.33. The number of nitrogens with one attached hydrogen (secondary N) is 1. The van der Waals surface area contributed by atoms with Crippen molar-refractivity contribution in [1.82, 2.24) is 5.32 Å². The Morgan fingerprint density at radius 2 is 1.70 bits per heavy atom. The standard InChI is InChI=1S/C16H14Cl3FN2O/c17-16(18,19)15(21-10-11-4-2-1-3-5-11)22-14(23)12-6-8-13(20)9-7-12/h1-9,15,21H,10H2,(H,22,23)/p+1/t15-/m0/s1. The van der Waals surface area contributed by atoms with E-state index in [1.807, 2.05) is 30.3 Å². The van der Waals surface area contributed by atoms with Crippen LogP contribution in [-0.2, 0) is 6.54 Å². The monoisotopic (exact) mass is 375 g/mol. The van der Waals surface area contributed by atoms with Crippen molar-refractivity contribution in [3.63, 3.8) is 0 Å². The molecule has 2 aromatic rings. The number of benzene rings is 2. The predicted octanol–water partition coefficient (Wildman–Crippen LogP) is 3.02. The first kappa shape index (κ1) is 18.0. The minimum absolute atomic E-state index is 0.291. The van der Waals surface area contributed by atoms with Crippen LogP contribution >= 0.6 is 34.8 Å². The smallest absolute Gasteiger partial charge is 0.262 e. The van der Waals surface area contributed by atoms with Gasteiger partial charge >= 0.3 is 0 Å². The summed E-state index contributed by atoms with van der Waals surface area (Å²) in [6, 6.07) is 14.7. The lowest BCUT2D eigenvalue weighted by Gasteiger charge is -2.23. The topological polar surface area (TPSA) is 45.7 Å². The number of carbonyl (C=O) groups excluding carboxylic acids is 1. The van der Waals surface area contributed by atoms with Crippen LogP contribution < -0.4 is 10.6 Å². The highest BCUT2D eigenvalue weighted by molar-refractivity contribution is 6.68. The maximum atomic E-state index is 12.9. The Morgan fingerprint density at radius 1 is 1.09 bits per heavy atom. The van der Waals surface area contributed by atoms with E-state index in [1.165, 1.54) is 24.3 Å². The Bertz CT molecular complexity index is 645. The van der Waals surface area contributed by atoms with Crippen molar-refractivity contribution >= 4 is 40.7 Å². The Morgan fingerprint density at radius 3 is 2.26 bits per heavy atom. The van der Waals surface area contributed by atoms with Crippen molar-refractivity contribution in [2.45, 2.75) is 16.5 Å². The Kier molecular flexibility index (Phi) is 6.25. The highest BCUT2D eigenvalue weighted by atomic mass is 35.6. The molecule has 2 rings (SSSR count). The number of quaternary nitrogens is 1. The number of rotatable bonds is 5. The van der Waals surface area contributed by atoms with Crippen LogP contribution in [0.15, 0.2) is 54.6 Å². The second-order valence-electron chi connectivity index (χ2n) is 4.93. The van der Waals surface area contributed by atoms with Crippen LogP contribution in [0.5, 0.6) is 0 Å². The molecule has 0 unspecified atom stereocenters. The van der Waals surface area contributed by atoms with Crippen LogP contribution in [-0.4, -0.2) is 15.9 Å². The van der Waals surface area contributed by atoms with E-state index in [9.17, 15) is 9.18 Å². The quantitative estimate of drug-likeness (QED) is 0.611. The summed E-state index contributed by atoms with van der Waals surface area (Å²) in [5, 5.41) is 4.38. The zero-order valence-electron chi connectivity index (χ0n) is 12.0. The summed E-state index contributed by atoms with van der Waals surface area (Å²) in [6.45, 7) is 0.531. The maximum Gasteiger partial charge on any atom is 0.262 e. The fourth-order valence-electron chi connectivity index (χ4n) is 1.97. The summed E-state index contributed by atoms with van der Waals surface area (Å²) < 4.78 is 11.2. The van der Waals surface area contributed by atoms with Gasteiger partial charge in [0, 0.05) is 11.1 Å². The SMILES string of the molecule is O=C(N[C@H]([NH2+]Cc1ccccc1)C(Cl)(Cl)Cl)c1ccc(F)cc1. The van der Waals surface area contributed by atoms with Gasteiger partial charge in [0.25, 0.3) is 9.70 Å². The summed E-state index contributed by atoms with van der Waals surface area (Å²) >= 11 is 17.8. The first-order valence-corrected chi connectivity index (χ1v) is 8.00. The molecule has 0 aliphatic rings. The zero-order valence-corrected chi connectivity index (χ0v) is 14.2. The number of carbonyl (C=O) groups is 1. The molecule has 0 aromatic heterocycles. The number of alkyl halides is 3. The molecule has 0 fully saturated rings. The van der Waals surface area contributed by atoms with E-state index in [1.54, 1.807) is 5.32 Å². The maximum absolute atomic E-state index is 12.9. The lowest BCUT2D eigenvalue weighted by molar-refractivity contribution is -0.706. The lowest BCUT2D eigenvalue weighted by Crippen LogP contribution is -2.95. The summed E-state index contributed by atoms with van der Waals surface area (Å²) in [6.07, 6.45) is -0.787. The summed E-state index contributed by atoms with van der Waals surface area (Å²) in [5.41, 5.74) is 1.32. The van der Waals surface area contributed by atoms with Crippen molar-refractivity contribution in [2.75, 3.05) is 0 Å². The number of hydrogen-bond donors (Lipinski definition) is 2. The van der Waals surface area contributed by atoms with Gasteiger partial charge in [-0.25, -0.2) is 4.39 Å². The van der Waals surface area contributed by atoms with E-state index in [0.717, 1.165) is 5.56 Å². The third-order valence-corrected chi connectivity index (χ3v) is 3.88. The second-order valence-corrected chi connectivity index (χ2v) is 7.29. The van der Waals surface area contributed by atoms with E-state index in [0.29, 0.717) is 12.1 Å². The molecule has 0 aliphatic heterocycles. The van der Waals surface area contributed by atoms with Gasteiger partial charge in [-0.3, -0.25) is 10.1 Å². The third kappa shape index (κ3) is 5.66. The summed E-state index contributed by atoms with van der Waals surface area (Å²) in [4.78, 5) is 12.2. The van der Waals surface area contributed by atoms with Gasteiger partial charge in [0.2, 0.25) is 6.17 Å². The van der Waals surface area contributed by atoms with Gasteiger partial charge in [-0.1, -0.05) is 65.1 Å². The number of nitrogens with two attached hydrogens (primary N) is 1. The third-order valence-electron chi connectivity index (χ3n) is 3.18. The molecule has 122 valence electrons. The van der Waals surface area contributed by atoms with E-state index in [4.69, 9.17) is 34.8 Å². The predicted molar refractivity (Wildman–Crippen MR) is 90.0 cm³/mol. The number of amides is 1. The van der Waals surface area contributed by atoms with Crippen molar-refractivity contribution in [3.8, 4) is 0 Å². The van der Waals surface area contributed by atoms with Gasteiger partial charge in [0.05, 0.1) is 0 Å². The summed E-state index contributed by atoms with van der Waals surface area (Å²) in [7, 11) is 0. The van der Waals surface area contributed by atoms with E-state index in [-0.39, 0.29) is 0 Å². The van der Waals surface area contributed by atoms with Crippen LogP contribution in [0, 0.1) is 5.82 Å². The first-order chi connectivity index (χ1) is 10.9. The molecule has 1 amide bonds. The average Bonchev–Trinajstić information content (AvgIpc) is 2.51. The van der Waals surface area contributed by atoms with Crippen molar-refractivity contribution in [1.29, 1.82) is 0 Å². The molecule has 23 heavy (non-hydrogen) atoms. The van der Waals surface area contributed by atoms with Gasteiger partial charge in [-0.2, -0.15) is 0 Å². The van der Waals surface area contributed by atoms with E-state index < -0.39 is 21.7 Å². The normalized spacial score (nSPS) is 12.7. The molecule has 7 heteroatoms. The van der Waals surface area contributed by atoms with Gasteiger partial charge in [-0.05, 0) is 24.3 Å². The molecule has 2 aromatic carbocycles. The van der Waals surface area contributed by atoms with E-state index >= 15 is 0 Å². The van der Waals surface area contributed by atoms with Crippen LogP contribution in [0.25, 0.3) is 0 Å². The van der Waals surface area contributed by atoms with Gasteiger partial charge in [0.15, 0.2) is 0 Å². The van der Waals surface area contributed by atoms with Crippen molar-refractivity contribution < 1.29 is 14.5 Å². The Balaban J connectivity index is 2.04. The minimum Gasteiger partial charge on any atom is -0.319 e. The largest absolute Gasteiger partial charge is 0.319 e. The first-order valence-electron chi connectivity index (χ1n) is 6.86. The van der Waals surface area contributed by atoms with Gasteiger partial charge in [0.1, 0.15) is 12.4 Å². The summed E-state index contributed by atoms with van der Waals surface area (Å²) in [5.74, 6) is -0.860. The molecule has 0 aliphatic carbocycles. The van der Waals surface area contributed by atoms with Gasteiger partial charge in [-0.15, -0.1) is 0 Å². The molecule has 0 bridgehead atoms.